The second-order valence-corrected chi connectivity index (χ2v) is 6.16. The molecule has 0 aliphatic heterocycles. The van der Waals surface area contributed by atoms with Crippen LogP contribution in [0.25, 0.3) is 0 Å². The number of rotatable bonds is 6. The van der Waals surface area contributed by atoms with Crippen LogP contribution in [0, 0.1) is 17.2 Å². The van der Waals surface area contributed by atoms with Crippen molar-refractivity contribution in [1.29, 1.82) is 5.26 Å². The van der Waals surface area contributed by atoms with Crippen LogP contribution in [0.4, 0.5) is 0 Å². The molecule has 0 aromatic heterocycles. The zero-order valence-corrected chi connectivity index (χ0v) is 13.4. The minimum Gasteiger partial charge on any atom is -0.345 e. The highest BCUT2D eigenvalue weighted by atomic mass is 16.2. The Bertz CT molecular complexity index is 397. The van der Waals surface area contributed by atoms with E-state index in [9.17, 15) is 9.59 Å². The molecule has 2 atom stereocenters. The second kappa shape index (κ2) is 8.66. The maximum atomic E-state index is 12.2. The fraction of sp³-hybridized carbons (Fsp3) is 0.812. The molecule has 0 saturated heterocycles. The maximum absolute atomic E-state index is 12.2. The summed E-state index contributed by atoms with van der Waals surface area (Å²) in [5, 5.41) is 11.5. The van der Waals surface area contributed by atoms with Gasteiger partial charge >= 0.3 is 0 Å². The first kappa shape index (κ1) is 17.5. The van der Waals surface area contributed by atoms with Gasteiger partial charge in [0.25, 0.3) is 0 Å². The molecule has 118 valence electrons. The van der Waals surface area contributed by atoms with Crippen LogP contribution in [0.3, 0.4) is 0 Å². The lowest BCUT2D eigenvalue weighted by Crippen LogP contribution is -2.48. The fourth-order valence-electron chi connectivity index (χ4n) is 2.81. The molecule has 1 aliphatic rings. The lowest BCUT2D eigenvalue weighted by molar-refractivity contribution is -0.136. The Hall–Kier alpha value is -1.57. The first-order chi connectivity index (χ1) is 9.95. The Balaban J connectivity index is 2.40. The molecule has 21 heavy (non-hydrogen) atoms. The van der Waals surface area contributed by atoms with Gasteiger partial charge in [-0.2, -0.15) is 5.26 Å². The minimum absolute atomic E-state index is 0.0379. The lowest BCUT2D eigenvalue weighted by atomic mass is 9.87. The number of hydrogen-bond acceptors (Lipinski definition) is 3. The first-order valence-corrected chi connectivity index (χ1v) is 7.88. The summed E-state index contributed by atoms with van der Waals surface area (Å²) in [7, 11) is 1.67. The molecule has 0 aromatic rings. The molecule has 0 radical (unpaired) electrons. The van der Waals surface area contributed by atoms with Gasteiger partial charge in [-0.25, -0.2) is 0 Å². The molecule has 1 fully saturated rings. The summed E-state index contributed by atoms with van der Waals surface area (Å²) in [6.07, 6.45) is 6.75. The van der Waals surface area contributed by atoms with E-state index in [1.54, 1.807) is 14.0 Å². The summed E-state index contributed by atoms with van der Waals surface area (Å²) in [4.78, 5) is 25.7. The van der Waals surface area contributed by atoms with Crippen LogP contribution >= 0.6 is 0 Å². The third-order valence-electron chi connectivity index (χ3n) is 4.34. The van der Waals surface area contributed by atoms with Crippen LogP contribution in [-0.4, -0.2) is 35.8 Å². The standard InChI is InChI=1S/C16H27N3O2/c1-12(9-10-17)19(3)16(21)13(2)18-15(20)11-14-7-5-4-6-8-14/h12-14H,4-9,11H2,1-3H3,(H,18,20)/t12-,13-/m0/s1. The number of carbonyl (C=O) groups is 2. The van der Waals surface area contributed by atoms with E-state index in [2.05, 4.69) is 11.4 Å². The van der Waals surface area contributed by atoms with Crippen molar-refractivity contribution >= 4 is 11.8 Å². The van der Waals surface area contributed by atoms with Crippen molar-refractivity contribution in [3.05, 3.63) is 0 Å². The number of likely N-dealkylation sites (N-methyl/N-ethyl adjacent to an activating group) is 1. The monoisotopic (exact) mass is 293 g/mol. The van der Waals surface area contributed by atoms with Crippen LogP contribution in [0.15, 0.2) is 0 Å². The molecule has 1 aliphatic carbocycles. The number of carbonyl (C=O) groups excluding carboxylic acids is 2. The zero-order chi connectivity index (χ0) is 15.8. The van der Waals surface area contributed by atoms with Crippen molar-refractivity contribution in [3.63, 3.8) is 0 Å². The molecule has 5 nitrogen and oxygen atoms in total. The van der Waals surface area contributed by atoms with E-state index >= 15 is 0 Å². The van der Waals surface area contributed by atoms with Crippen molar-refractivity contribution < 1.29 is 9.59 Å². The fourth-order valence-corrected chi connectivity index (χ4v) is 2.81. The predicted octanol–water partition coefficient (Wildman–Crippen LogP) is 2.22. The van der Waals surface area contributed by atoms with Gasteiger partial charge in [0.1, 0.15) is 6.04 Å². The molecule has 0 bridgehead atoms. The average molecular weight is 293 g/mol. The highest BCUT2D eigenvalue weighted by Gasteiger charge is 2.24. The maximum Gasteiger partial charge on any atom is 0.244 e. The Morgan fingerprint density at radius 1 is 1.29 bits per heavy atom. The average Bonchev–Trinajstić information content (AvgIpc) is 2.46. The van der Waals surface area contributed by atoms with Gasteiger partial charge in [0.05, 0.1) is 12.5 Å². The van der Waals surface area contributed by atoms with E-state index in [-0.39, 0.29) is 17.9 Å². The smallest absolute Gasteiger partial charge is 0.244 e. The third kappa shape index (κ3) is 5.74. The molecule has 0 spiro atoms. The van der Waals surface area contributed by atoms with Crippen molar-refractivity contribution in [2.24, 2.45) is 5.92 Å². The van der Waals surface area contributed by atoms with Gasteiger partial charge in [0.15, 0.2) is 0 Å². The number of amides is 2. The summed E-state index contributed by atoms with van der Waals surface area (Å²) in [5.41, 5.74) is 0. The van der Waals surface area contributed by atoms with E-state index in [4.69, 9.17) is 5.26 Å². The van der Waals surface area contributed by atoms with E-state index in [1.165, 1.54) is 24.2 Å². The molecule has 5 heteroatoms. The normalized spacial score (nSPS) is 18.4. The highest BCUT2D eigenvalue weighted by molar-refractivity contribution is 5.87. The van der Waals surface area contributed by atoms with Crippen molar-refractivity contribution in [2.45, 2.75) is 70.9 Å². The van der Waals surface area contributed by atoms with Crippen molar-refractivity contribution in [2.75, 3.05) is 7.05 Å². The molecule has 1 rings (SSSR count). The Labute approximate surface area is 127 Å². The molecule has 0 aromatic carbocycles. The van der Waals surface area contributed by atoms with Gasteiger partial charge in [-0.05, 0) is 32.6 Å². The van der Waals surface area contributed by atoms with E-state index < -0.39 is 6.04 Å². The number of hydrogen-bond donors (Lipinski definition) is 1. The topological polar surface area (TPSA) is 73.2 Å². The van der Waals surface area contributed by atoms with Crippen LogP contribution in [0.5, 0.6) is 0 Å². The van der Waals surface area contributed by atoms with Crippen LogP contribution in [-0.2, 0) is 9.59 Å². The van der Waals surface area contributed by atoms with Gasteiger partial charge < -0.3 is 10.2 Å². The second-order valence-electron chi connectivity index (χ2n) is 6.16. The van der Waals surface area contributed by atoms with Crippen molar-refractivity contribution in [1.82, 2.24) is 10.2 Å². The van der Waals surface area contributed by atoms with E-state index in [0.717, 1.165) is 12.8 Å². The quantitative estimate of drug-likeness (QED) is 0.816. The van der Waals surface area contributed by atoms with Crippen LogP contribution in [0.1, 0.15) is 58.8 Å². The summed E-state index contributed by atoms with van der Waals surface area (Å²) < 4.78 is 0. The minimum atomic E-state index is -0.535. The molecule has 0 unspecified atom stereocenters. The van der Waals surface area contributed by atoms with Gasteiger partial charge in [-0.3, -0.25) is 9.59 Å². The highest BCUT2D eigenvalue weighted by Crippen LogP contribution is 2.26. The summed E-state index contributed by atoms with van der Waals surface area (Å²) in [6.45, 7) is 3.54. The van der Waals surface area contributed by atoms with Crippen molar-refractivity contribution in [3.8, 4) is 6.07 Å². The SMILES string of the molecule is C[C@H](NC(=O)CC1CCCCC1)C(=O)N(C)[C@@H](C)CC#N. The third-order valence-corrected chi connectivity index (χ3v) is 4.34. The Kier molecular flexibility index (Phi) is 7.21. The van der Waals surface area contributed by atoms with Gasteiger partial charge in [-0.1, -0.05) is 19.3 Å². The predicted molar refractivity (Wildman–Crippen MR) is 81.3 cm³/mol. The summed E-state index contributed by atoms with van der Waals surface area (Å²) in [5.74, 6) is 0.287. The largest absolute Gasteiger partial charge is 0.345 e. The van der Waals surface area contributed by atoms with Gasteiger partial charge in [0.2, 0.25) is 11.8 Å². The Morgan fingerprint density at radius 3 is 2.48 bits per heavy atom. The molecule has 1 saturated carbocycles. The molecule has 2 amide bonds. The molecule has 1 N–H and O–H groups in total. The number of nitrogens with zero attached hydrogens (tertiary/aromatic N) is 2. The number of nitrogens with one attached hydrogen (secondary N) is 1. The van der Waals surface area contributed by atoms with Crippen LogP contribution in [0.2, 0.25) is 0 Å². The molecule has 0 heterocycles. The van der Waals surface area contributed by atoms with Gasteiger partial charge in [0, 0.05) is 19.5 Å². The first-order valence-electron chi connectivity index (χ1n) is 7.88. The summed E-state index contributed by atoms with van der Waals surface area (Å²) >= 11 is 0. The molecular weight excluding hydrogens is 266 g/mol. The molecular formula is C16H27N3O2. The van der Waals surface area contributed by atoms with Crippen LogP contribution < -0.4 is 5.32 Å². The summed E-state index contributed by atoms with van der Waals surface area (Å²) in [6, 6.07) is 1.38. The van der Waals surface area contributed by atoms with E-state index in [1.807, 2.05) is 6.92 Å². The van der Waals surface area contributed by atoms with Gasteiger partial charge in [-0.15, -0.1) is 0 Å². The zero-order valence-electron chi connectivity index (χ0n) is 13.4. The Morgan fingerprint density at radius 2 is 1.90 bits per heavy atom. The van der Waals surface area contributed by atoms with E-state index in [0.29, 0.717) is 18.8 Å². The number of nitriles is 1. The lowest BCUT2D eigenvalue weighted by Gasteiger charge is -2.27.